The Hall–Kier alpha value is -4.37. The first-order chi connectivity index (χ1) is 18.4. The lowest BCUT2D eigenvalue weighted by Crippen LogP contribution is -2.22. The second-order valence-corrected chi connectivity index (χ2v) is 9.37. The molecule has 1 aromatic heterocycles. The van der Waals surface area contributed by atoms with E-state index in [1.807, 2.05) is 43.3 Å². The molecule has 0 aliphatic heterocycles. The van der Waals surface area contributed by atoms with Gasteiger partial charge in [0.05, 0.1) is 17.1 Å². The highest BCUT2D eigenvalue weighted by molar-refractivity contribution is 9.10. The van der Waals surface area contributed by atoms with Gasteiger partial charge in [-0.15, -0.1) is 0 Å². The van der Waals surface area contributed by atoms with Crippen molar-refractivity contribution in [2.45, 2.75) is 13.3 Å². The largest absolute Gasteiger partial charge is 0.483 e. The van der Waals surface area contributed by atoms with Gasteiger partial charge in [-0.1, -0.05) is 59.3 Å². The summed E-state index contributed by atoms with van der Waals surface area (Å²) >= 11 is 3.41. The number of amides is 1. The third-order valence-electron chi connectivity index (χ3n) is 5.89. The van der Waals surface area contributed by atoms with Crippen LogP contribution < -0.4 is 15.6 Å². The number of rotatable bonds is 7. The fourth-order valence-electron chi connectivity index (χ4n) is 4.10. The van der Waals surface area contributed by atoms with E-state index in [1.165, 1.54) is 22.9 Å². The summed E-state index contributed by atoms with van der Waals surface area (Å²) in [7, 11) is 0. The fourth-order valence-corrected chi connectivity index (χ4v) is 4.46. The van der Waals surface area contributed by atoms with Crippen molar-refractivity contribution in [1.82, 2.24) is 9.66 Å². The lowest BCUT2D eigenvalue weighted by atomic mass is 10.0. The predicted octanol–water partition coefficient (Wildman–Crippen LogP) is 5.91. The third-order valence-corrected chi connectivity index (χ3v) is 6.38. The summed E-state index contributed by atoms with van der Waals surface area (Å²) in [5, 5.41) is 9.35. The van der Waals surface area contributed by atoms with Crippen molar-refractivity contribution in [1.29, 1.82) is 0 Å². The van der Waals surface area contributed by atoms with E-state index >= 15 is 0 Å². The van der Waals surface area contributed by atoms with Crippen LogP contribution in [0.5, 0.6) is 5.75 Å². The van der Waals surface area contributed by atoms with Crippen molar-refractivity contribution >= 4 is 55.4 Å². The molecular formula is C29H22BrFN4O3. The molecule has 0 radical (unpaired) electrons. The fraction of sp³-hybridized carbons (Fsp3) is 0.103. The van der Waals surface area contributed by atoms with Crippen LogP contribution in [0.4, 0.5) is 10.1 Å². The van der Waals surface area contributed by atoms with Crippen molar-refractivity contribution in [3.63, 3.8) is 0 Å². The van der Waals surface area contributed by atoms with Crippen LogP contribution in [0.3, 0.4) is 0 Å². The maximum atomic E-state index is 13.5. The number of anilines is 1. The van der Waals surface area contributed by atoms with E-state index in [-0.39, 0.29) is 12.2 Å². The number of carbonyl (C=O) groups excluding carboxylic acids is 1. The van der Waals surface area contributed by atoms with Crippen LogP contribution in [0.15, 0.2) is 93.2 Å². The lowest BCUT2D eigenvalue weighted by molar-refractivity contribution is -0.118. The molecule has 0 saturated carbocycles. The number of aryl methyl sites for hydroxylation is 1. The summed E-state index contributed by atoms with van der Waals surface area (Å²) in [5.41, 5.74) is 1.24. The Morgan fingerprint density at radius 1 is 1.08 bits per heavy atom. The van der Waals surface area contributed by atoms with Gasteiger partial charge in [0.1, 0.15) is 17.4 Å². The summed E-state index contributed by atoms with van der Waals surface area (Å²) in [6, 6.07) is 22.3. The second-order valence-electron chi connectivity index (χ2n) is 8.45. The molecule has 9 heteroatoms. The zero-order valence-electron chi connectivity index (χ0n) is 20.3. The van der Waals surface area contributed by atoms with Crippen LogP contribution in [-0.2, 0) is 11.2 Å². The van der Waals surface area contributed by atoms with E-state index in [4.69, 9.17) is 4.74 Å². The number of hydrogen-bond acceptors (Lipinski definition) is 5. The number of nitrogens with one attached hydrogen (secondary N) is 1. The van der Waals surface area contributed by atoms with Gasteiger partial charge < -0.3 is 10.1 Å². The average molecular weight is 573 g/mol. The number of nitrogens with zero attached hydrogens (tertiary/aromatic N) is 3. The number of benzene rings is 4. The Kier molecular flexibility index (Phi) is 7.28. The molecule has 1 amide bonds. The van der Waals surface area contributed by atoms with Crippen LogP contribution in [-0.4, -0.2) is 28.4 Å². The first-order valence-corrected chi connectivity index (χ1v) is 12.7. The van der Waals surface area contributed by atoms with Crippen molar-refractivity contribution in [3.8, 4) is 5.75 Å². The zero-order valence-corrected chi connectivity index (χ0v) is 21.9. The molecule has 190 valence electrons. The monoisotopic (exact) mass is 572 g/mol. The maximum Gasteiger partial charge on any atom is 0.282 e. The van der Waals surface area contributed by atoms with E-state index in [9.17, 15) is 14.0 Å². The van der Waals surface area contributed by atoms with Crippen LogP contribution in [0.25, 0.3) is 21.7 Å². The van der Waals surface area contributed by atoms with Gasteiger partial charge in [-0.25, -0.2) is 9.37 Å². The number of halogens is 2. The molecule has 0 atom stereocenters. The van der Waals surface area contributed by atoms with Gasteiger partial charge in [0.25, 0.3) is 11.5 Å². The minimum absolute atomic E-state index is 0.290. The van der Waals surface area contributed by atoms with Crippen molar-refractivity contribution in [2.24, 2.45) is 5.10 Å². The quantitative estimate of drug-likeness (QED) is 0.245. The van der Waals surface area contributed by atoms with Gasteiger partial charge in [0.2, 0.25) is 0 Å². The number of ether oxygens (including phenoxy) is 1. The van der Waals surface area contributed by atoms with Gasteiger partial charge >= 0.3 is 0 Å². The Labute approximate surface area is 225 Å². The lowest BCUT2D eigenvalue weighted by Gasteiger charge is -2.13. The van der Waals surface area contributed by atoms with Crippen LogP contribution in [0.2, 0.25) is 0 Å². The smallest absolute Gasteiger partial charge is 0.282 e. The molecule has 5 rings (SSSR count). The van der Waals surface area contributed by atoms with Crippen LogP contribution in [0.1, 0.15) is 18.3 Å². The van der Waals surface area contributed by atoms with E-state index in [2.05, 4.69) is 31.3 Å². The third kappa shape index (κ3) is 5.33. The van der Waals surface area contributed by atoms with E-state index in [0.29, 0.717) is 40.1 Å². The number of fused-ring (bicyclic) bond motifs is 2. The predicted molar refractivity (Wildman–Crippen MR) is 151 cm³/mol. The maximum absolute atomic E-state index is 13.5. The highest BCUT2D eigenvalue weighted by atomic mass is 79.9. The van der Waals surface area contributed by atoms with E-state index in [1.54, 1.807) is 30.5 Å². The first-order valence-electron chi connectivity index (χ1n) is 11.9. The topological polar surface area (TPSA) is 85.6 Å². The van der Waals surface area contributed by atoms with Gasteiger partial charge in [0, 0.05) is 22.1 Å². The standard InChI is InChI=1S/C29H22BrFN4O3/c1-2-27-34-25-12-11-19(30)14-23(25)29(37)35(27)32-16-24-22-9-4-3-6-18(22)10-13-26(24)38-17-28(36)33-21-8-5-7-20(31)15-21/h3-16H,2,17H2,1H3,(H,33,36). The van der Waals surface area contributed by atoms with E-state index in [0.717, 1.165) is 15.2 Å². The molecule has 38 heavy (non-hydrogen) atoms. The Morgan fingerprint density at radius 2 is 1.92 bits per heavy atom. The van der Waals surface area contributed by atoms with Gasteiger partial charge in [-0.05, 0) is 53.2 Å². The summed E-state index contributed by atoms with van der Waals surface area (Å²) in [5.74, 6) is 0.0251. The molecule has 0 aliphatic rings. The highest BCUT2D eigenvalue weighted by Gasteiger charge is 2.13. The molecule has 4 aromatic carbocycles. The SMILES string of the molecule is CCc1nc2ccc(Br)cc2c(=O)n1N=Cc1c(OCC(=O)Nc2cccc(F)c2)ccc2ccccc12. The Balaban J connectivity index is 1.50. The molecule has 0 bridgehead atoms. The second kappa shape index (κ2) is 10.9. The summed E-state index contributed by atoms with van der Waals surface area (Å²) in [4.78, 5) is 30.4. The van der Waals surface area contributed by atoms with E-state index < -0.39 is 11.7 Å². The zero-order chi connectivity index (χ0) is 26.6. The molecular weight excluding hydrogens is 551 g/mol. The molecule has 1 heterocycles. The van der Waals surface area contributed by atoms with Gasteiger partial charge in [-0.2, -0.15) is 9.78 Å². The molecule has 7 nitrogen and oxygen atoms in total. The average Bonchev–Trinajstić information content (AvgIpc) is 2.91. The molecule has 0 unspecified atom stereocenters. The number of carbonyl (C=O) groups is 1. The molecule has 0 aliphatic carbocycles. The van der Waals surface area contributed by atoms with Gasteiger partial charge in [-0.3, -0.25) is 9.59 Å². The summed E-state index contributed by atoms with van der Waals surface area (Å²) in [6.45, 7) is 1.60. The van der Waals surface area contributed by atoms with Gasteiger partial charge in [0.15, 0.2) is 6.61 Å². The highest BCUT2D eigenvalue weighted by Crippen LogP contribution is 2.27. The summed E-state index contributed by atoms with van der Waals surface area (Å²) in [6.07, 6.45) is 2.05. The minimum Gasteiger partial charge on any atom is -0.483 e. The first kappa shape index (κ1) is 25.3. The Morgan fingerprint density at radius 3 is 2.74 bits per heavy atom. The molecule has 0 fully saturated rings. The van der Waals surface area contributed by atoms with Crippen LogP contribution in [0, 0.1) is 5.82 Å². The van der Waals surface area contributed by atoms with Crippen molar-refractivity contribution in [2.75, 3.05) is 11.9 Å². The normalized spacial score (nSPS) is 11.3. The molecule has 0 saturated heterocycles. The summed E-state index contributed by atoms with van der Waals surface area (Å²) < 4.78 is 21.4. The molecule has 0 spiro atoms. The van der Waals surface area contributed by atoms with Crippen LogP contribution >= 0.6 is 15.9 Å². The minimum atomic E-state index is -0.450. The number of aromatic nitrogens is 2. The molecule has 5 aromatic rings. The Bertz CT molecular complexity index is 1770. The number of hydrogen-bond donors (Lipinski definition) is 1. The van der Waals surface area contributed by atoms with Crippen molar-refractivity contribution < 1.29 is 13.9 Å². The van der Waals surface area contributed by atoms with Crippen molar-refractivity contribution in [3.05, 3.63) is 111 Å². The molecule has 1 N–H and O–H groups in total.